The number of nitrogens with one attached hydrogen (secondary N) is 1. The highest BCUT2D eigenvalue weighted by Gasteiger charge is 1.95. The second-order valence-electron chi connectivity index (χ2n) is 4.99. The van der Waals surface area contributed by atoms with Gasteiger partial charge in [-0.15, -0.1) is 0 Å². The quantitative estimate of drug-likeness (QED) is 0.704. The van der Waals surface area contributed by atoms with E-state index in [2.05, 4.69) is 50.4 Å². The molecule has 1 N–H and O–H groups in total. The van der Waals surface area contributed by atoms with E-state index in [1.165, 1.54) is 23.3 Å². The van der Waals surface area contributed by atoms with Crippen LogP contribution in [0.1, 0.15) is 31.4 Å². The third kappa shape index (κ3) is 7.45. The van der Waals surface area contributed by atoms with Gasteiger partial charge in [0.15, 0.2) is 0 Å². The van der Waals surface area contributed by atoms with Crippen LogP contribution in [0.3, 0.4) is 0 Å². The monoisotopic (exact) mass is 251 g/mol. The minimum Gasteiger partial charge on any atom is -0.316 e. The Hall–Kier alpha value is -0.470. The van der Waals surface area contributed by atoms with Crippen molar-refractivity contribution in [3.63, 3.8) is 0 Å². The molecule has 2 heteroatoms. The maximum Gasteiger partial charge on any atom is 0.0184 e. The summed E-state index contributed by atoms with van der Waals surface area (Å²) >= 11 is 2.03. The Morgan fingerprint density at radius 3 is 2.82 bits per heavy atom. The Labute approximate surface area is 110 Å². The second kappa shape index (κ2) is 8.60. The molecule has 0 spiro atoms. The summed E-state index contributed by atoms with van der Waals surface area (Å²) < 4.78 is 0. The fraction of sp³-hybridized carbons (Fsp3) is 0.600. The van der Waals surface area contributed by atoms with Gasteiger partial charge in [0.1, 0.15) is 0 Å². The molecule has 0 bridgehead atoms. The van der Waals surface area contributed by atoms with E-state index in [0.717, 1.165) is 24.8 Å². The second-order valence-corrected chi connectivity index (χ2v) is 6.10. The van der Waals surface area contributed by atoms with Gasteiger partial charge in [-0.2, -0.15) is 11.8 Å². The molecular weight excluding hydrogens is 226 g/mol. The molecule has 0 aliphatic heterocycles. The minimum atomic E-state index is 0.759. The first kappa shape index (κ1) is 14.6. The van der Waals surface area contributed by atoms with Gasteiger partial charge in [-0.25, -0.2) is 0 Å². The number of rotatable bonds is 8. The van der Waals surface area contributed by atoms with Crippen molar-refractivity contribution in [3.05, 3.63) is 35.4 Å². The Morgan fingerprint density at radius 1 is 1.29 bits per heavy atom. The van der Waals surface area contributed by atoms with Crippen molar-refractivity contribution in [1.29, 1.82) is 0 Å². The van der Waals surface area contributed by atoms with Crippen molar-refractivity contribution in [2.75, 3.05) is 18.8 Å². The van der Waals surface area contributed by atoms with Crippen LogP contribution in [0.25, 0.3) is 0 Å². The first-order chi connectivity index (χ1) is 8.18. The van der Waals surface area contributed by atoms with Crippen LogP contribution in [0.15, 0.2) is 24.3 Å². The highest BCUT2D eigenvalue weighted by atomic mass is 32.2. The number of thioether (sulfide) groups is 1. The number of benzene rings is 1. The molecule has 0 aromatic heterocycles. The van der Waals surface area contributed by atoms with E-state index in [4.69, 9.17) is 0 Å². The van der Waals surface area contributed by atoms with Crippen LogP contribution in [0, 0.1) is 12.8 Å². The van der Waals surface area contributed by atoms with Crippen LogP contribution >= 0.6 is 11.8 Å². The van der Waals surface area contributed by atoms with Crippen LogP contribution in [-0.4, -0.2) is 18.8 Å². The summed E-state index contributed by atoms with van der Waals surface area (Å²) in [7, 11) is 0. The van der Waals surface area contributed by atoms with E-state index < -0.39 is 0 Å². The van der Waals surface area contributed by atoms with Crippen LogP contribution < -0.4 is 5.32 Å². The van der Waals surface area contributed by atoms with Crippen molar-refractivity contribution in [2.45, 2.75) is 32.9 Å². The van der Waals surface area contributed by atoms with E-state index in [0.29, 0.717) is 0 Å². The SMILES string of the molecule is Cc1cccc(CSCCCNCC(C)C)c1. The molecule has 0 aliphatic rings. The largest absolute Gasteiger partial charge is 0.316 e. The average molecular weight is 251 g/mol. The lowest BCUT2D eigenvalue weighted by molar-refractivity contribution is 0.552. The van der Waals surface area contributed by atoms with E-state index >= 15 is 0 Å². The van der Waals surface area contributed by atoms with Gasteiger partial charge in [-0.3, -0.25) is 0 Å². The molecule has 0 amide bonds. The first-order valence-corrected chi connectivity index (χ1v) is 7.68. The molecule has 0 aliphatic carbocycles. The summed E-state index contributed by atoms with van der Waals surface area (Å²) in [5.74, 6) is 3.15. The lowest BCUT2D eigenvalue weighted by atomic mass is 10.2. The Balaban J connectivity index is 2.01. The predicted octanol–water partition coefficient (Wildman–Crippen LogP) is 3.86. The zero-order valence-corrected chi connectivity index (χ0v) is 12.1. The van der Waals surface area contributed by atoms with Crippen molar-refractivity contribution in [2.24, 2.45) is 5.92 Å². The van der Waals surface area contributed by atoms with E-state index in [1.54, 1.807) is 0 Å². The summed E-state index contributed by atoms with van der Waals surface area (Å²) in [6.45, 7) is 8.95. The normalized spacial score (nSPS) is 11.1. The lowest BCUT2D eigenvalue weighted by Crippen LogP contribution is -2.21. The molecule has 0 unspecified atom stereocenters. The summed E-state index contributed by atoms with van der Waals surface area (Å²) in [6.07, 6.45) is 1.27. The predicted molar refractivity (Wildman–Crippen MR) is 79.7 cm³/mol. The molecule has 96 valence electrons. The fourth-order valence-corrected chi connectivity index (χ4v) is 2.59. The maximum atomic E-state index is 3.48. The van der Waals surface area contributed by atoms with E-state index in [9.17, 15) is 0 Å². The highest BCUT2D eigenvalue weighted by molar-refractivity contribution is 7.98. The molecule has 0 saturated heterocycles. The molecular formula is C15H25NS. The highest BCUT2D eigenvalue weighted by Crippen LogP contribution is 2.13. The number of aryl methyl sites for hydroxylation is 1. The van der Waals surface area contributed by atoms with Crippen LogP contribution in [0.4, 0.5) is 0 Å². The van der Waals surface area contributed by atoms with Gasteiger partial charge in [0, 0.05) is 5.75 Å². The fourth-order valence-electron chi connectivity index (χ4n) is 1.68. The summed E-state index contributed by atoms with van der Waals surface area (Å²) in [5.41, 5.74) is 2.81. The maximum absolute atomic E-state index is 3.48. The Morgan fingerprint density at radius 2 is 2.12 bits per heavy atom. The molecule has 0 atom stereocenters. The van der Waals surface area contributed by atoms with Gasteiger partial charge < -0.3 is 5.32 Å². The molecule has 1 aromatic rings. The zero-order chi connectivity index (χ0) is 12.5. The first-order valence-electron chi connectivity index (χ1n) is 6.52. The molecule has 0 fully saturated rings. The van der Waals surface area contributed by atoms with Gasteiger partial charge in [-0.05, 0) is 43.7 Å². The minimum absolute atomic E-state index is 0.759. The summed E-state index contributed by atoms with van der Waals surface area (Å²) in [5, 5.41) is 3.48. The Bertz CT molecular complexity index is 310. The van der Waals surface area contributed by atoms with Crippen molar-refractivity contribution in [3.8, 4) is 0 Å². The van der Waals surface area contributed by atoms with Crippen molar-refractivity contribution < 1.29 is 0 Å². The Kier molecular flexibility index (Phi) is 7.38. The zero-order valence-electron chi connectivity index (χ0n) is 11.3. The topological polar surface area (TPSA) is 12.0 Å². The molecule has 1 nitrogen and oxygen atoms in total. The third-order valence-electron chi connectivity index (χ3n) is 2.55. The average Bonchev–Trinajstić information content (AvgIpc) is 2.27. The number of hydrogen-bond donors (Lipinski definition) is 1. The third-order valence-corrected chi connectivity index (χ3v) is 3.66. The molecule has 1 aromatic carbocycles. The molecule has 0 saturated carbocycles. The van der Waals surface area contributed by atoms with Crippen LogP contribution in [0.5, 0.6) is 0 Å². The molecule has 1 rings (SSSR count). The molecule has 0 radical (unpaired) electrons. The van der Waals surface area contributed by atoms with Gasteiger partial charge in [0.25, 0.3) is 0 Å². The van der Waals surface area contributed by atoms with Gasteiger partial charge in [-0.1, -0.05) is 43.7 Å². The van der Waals surface area contributed by atoms with Gasteiger partial charge in [0.2, 0.25) is 0 Å². The van der Waals surface area contributed by atoms with Crippen LogP contribution in [-0.2, 0) is 5.75 Å². The lowest BCUT2D eigenvalue weighted by Gasteiger charge is -2.07. The van der Waals surface area contributed by atoms with Gasteiger partial charge >= 0.3 is 0 Å². The molecule has 0 heterocycles. The van der Waals surface area contributed by atoms with E-state index in [1.807, 2.05) is 11.8 Å². The smallest absolute Gasteiger partial charge is 0.0184 e. The number of hydrogen-bond acceptors (Lipinski definition) is 2. The van der Waals surface area contributed by atoms with Gasteiger partial charge in [0.05, 0.1) is 0 Å². The van der Waals surface area contributed by atoms with Crippen LogP contribution in [0.2, 0.25) is 0 Å². The van der Waals surface area contributed by atoms with Crippen molar-refractivity contribution >= 4 is 11.8 Å². The van der Waals surface area contributed by atoms with Crippen molar-refractivity contribution in [1.82, 2.24) is 5.32 Å². The van der Waals surface area contributed by atoms with E-state index in [-0.39, 0.29) is 0 Å². The summed E-state index contributed by atoms with van der Waals surface area (Å²) in [4.78, 5) is 0. The summed E-state index contributed by atoms with van der Waals surface area (Å²) in [6, 6.07) is 8.81. The molecule has 17 heavy (non-hydrogen) atoms. The standard InChI is InChI=1S/C15H25NS/c1-13(2)11-16-8-5-9-17-12-15-7-4-6-14(3)10-15/h4,6-7,10,13,16H,5,8-9,11-12H2,1-3H3.